The van der Waals surface area contributed by atoms with Crippen LogP contribution in [0.15, 0.2) is 30.3 Å². The Kier molecular flexibility index (Phi) is 6.96. The van der Waals surface area contributed by atoms with Gasteiger partial charge in [-0.1, -0.05) is 30.3 Å². The molecule has 0 radical (unpaired) electrons. The first-order valence-electron chi connectivity index (χ1n) is 8.87. The standard InChI is InChI=1S/C20H26N2O4S/c1-14-17(18(23)24)21-16(27-14)13-22(19(25)26-20(2,3)4)12-8-11-15-9-6-5-7-10-15/h5-7,9-10H,8,11-13H2,1-4H3,(H,23,24). The average Bonchev–Trinajstić information content (AvgIpc) is 2.94. The molecule has 0 saturated heterocycles. The van der Waals surface area contributed by atoms with E-state index < -0.39 is 17.7 Å². The molecule has 1 aromatic heterocycles. The molecule has 0 aliphatic heterocycles. The van der Waals surface area contributed by atoms with Crippen molar-refractivity contribution >= 4 is 23.4 Å². The third-order valence-corrected chi connectivity index (χ3v) is 4.71. The van der Waals surface area contributed by atoms with Gasteiger partial charge in [0, 0.05) is 11.4 Å². The monoisotopic (exact) mass is 390 g/mol. The van der Waals surface area contributed by atoms with Crippen LogP contribution in [0.5, 0.6) is 0 Å². The SMILES string of the molecule is Cc1sc(CN(CCCc2ccccc2)C(=O)OC(C)(C)C)nc1C(=O)O. The normalized spacial score (nSPS) is 11.3. The van der Waals surface area contributed by atoms with Gasteiger partial charge in [0.1, 0.15) is 10.6 Å². The summed E-state index contributed by atoms with van der Waals surface area (Å²) in [4.78, 5) is 30.2. The van der Waals surface area contributed by atoms with Crippen molar-refractivity contribution in [3.63, 3.8) is 0 Å². The number of carboxylic acid groups (broad SMARTS) is 1. The van der Waals surface area contributed by atoms with E-state index in [4.69, 9.17) is 4.74 Å². The number of nitrogens with zero attached hydrogens (tertiary/aromatic N) is 2. The second-order valence-electron chi connectivity index (χ2n) is 7.31. The Bertz CT molecular complexity index is 781. The lowest BCUT2D eigenvalue weighted by atomic mass is 10.1. The molecule has 0 saturated carbocycles. The molecule has 1 aromatic carbocycles. The smallest absolute Gasteiger partial charge is 0.410 e. The summed E-state index contributed by atoms with van der Waals surface area (Å²) < 4.78 is 5.51. The fourth-order valence-electron chi connectivity index (χ4n) is 2.56. The summed E-state index contributed by atoms with van der Waals surface area (Å²) in [6.45, 7) is 7.93. The van der Waals surface area contributed by atoms with Crippen LogP contribution in [0.3, 0.4) is 0 Å². The Hall–Kier alpha value is -2.41. The fourth-order valence-corrected chi connectivity index (χ4v) is 3.50. The molecule has 7 heteroatoms. The van der Waals surface area contributed by atoms with Gasteiger partial charge in [-0.25, -0.2) is 14.6 Å². The molecule has 1 heterocycles. The van der Waals surface area contributed by atoms with Gasteiger partial charge in [-0.2, -0.15) is 0 Å². The number of carboxylic acids is 1. The van der Waals surface area contributed by atoms with Gasteiger partial charge in [0.05, 0.1) is 6.54 Å². The van der Waals surface area contributed by atoms with Gasteiger partial charge in [0.15, 0.2) is 5.69 Å². The first kappa shape index (κ1) is 20.9. The minimum atomic E-state index is -1.05. The summed E-state index contributed by atoms with van der Waals surface area (Å²) in [5.41, 5.74) is 0.656. The van der Waals surface area contributed by atoms with Crippen LogP contribution in [0, 0.1) is 6.92 Å². The molecule has 27 heavy (non-hydrogen) atoms. The van der Waals surface area contributed by atoms with Gasteiger partial charge < -0.3 is 14.7 Å². The predicted octanol–water partition coefficient (Wildman–Crippen LogP) is 4.52. The van der Waals surface area contributed by atoms with Gasteiger partial charge in [0.2, 0.25) is 0 Å². The second-order valence-corrected chi connectivity index (χ2v) is 8.60. The Morgan fingerprint density at radius 3 is 2.44 bits per heavy atom. The Balaban J connectivity index is 2.07. The lowest BCUT2D eigenvalue weighted by Crippen LogP contribution is -2.37. The molecule has 0 fully saturated rings. The minimum absolute atomic E-state index is 0.0448. The number of hydrogen-bond acceptors (Lipinski definition) is 5. The molecule has 0 aliphatic rings. The zero-order chi connectivity index (χ0) is 20.0. The predicted molar refractivity (Wildman–Crippen MR) is 105 cm³/mol. The molecule has 146 valence electrons. The second kappa shape index (κ2) is 8.99. The molecule has 0 bridgehead atoms. The van der Waals surface area contributed by atoms with Crippen LogP contribution in [0.25, 0.3) is 0 Å². The van der Waals surface area contributed by atoms with Crippen molar-refractivity contribution in [2.45, 2.75) is 52.7 Å². The van der Waals surface area contributed by atoms with E-state index in [1.807, 2.05) is 39.0 Å². The van der Waals surface area contributed by atoms with Gasteiger partial charge in [-0.05, 0) is 46.1 Å². The van der Waals surface area contributed by atoms with E-state index in [0.717, 1.165) is 12.8 Å². The summed E-state index contributed by atoms with van der Waals surface area (Å²) in [5.74, 6) is -1.05. The maximum atomic E-state index is 12.6. The first-order valence-corrected chi connectivity index (χ1v) is 9.69. The minimum Gasteiger partial charge on any atom is -0.476 e. The number of thiazole rings is 1. The maximum absolute atomic E-state index is 12.6. The van der Waals surface area contributed by atoms with Crippen LogP contribution < -0.4 is 0 Å². The van der Waals surface area contributed by atoms with E-state index in [2.05, 4.69) is 17.1 Å². The van der Waals surface area contributed by atoms with Crippen LogP contribution in [-0.2, 0) is 17.7 Å². The van der Waals surface area contributed by atoms with Crippen LogP contribution in [-0.4, -0.2) is 39.2 Å². The van der Waals surface area contributed by atoms with E-state index in [1.54, 1.807) is 11.8 Å². The zero-order valence-corrected chi connectivity index (χ0v) is 17.0. The summed E-state index contributed by atoms with van der Waals surface area (Å²) in [6.07, 6.45) is 1.21. The molecule has 0 spiro atoms. The van der Waals surface area contributed by atoms with E-state index in [1.165, 1.54) is 16.9 Å². The highest BCUT2D eigenvalue weighted by molar-refractivity contribution is 7.11. The maximum Gasteiger partial charge on any atom is 0.410 e. The van der Waals surface area contributed by atoms with Gasteiger partial charge in [-0.3, -0.25) is 0 Å². The van der Waals surface area contributed by atoms with E-state index in [9.17, 15) is 14.7 Å². The molecule has 0 atom stereocenters. The Morgan fingerprint density at radius 1 is 1.22 bits per heavy atom. The Labute approximate surface area is 163 Å². The van der Waals surface area contributed by atoms with E-state index in [-0.39, 0.29) is 12.2 Å². The number of amides is 1. The van der Waals surface area contributed by atoms with Gasteiger partial charge in [0.25, 0.3) is 0 Å². The molecule has 0 aliphatic carbocycles. The van der Waals surface area contributed by atoms with Crippen molar-refractivity contribution in [1.82, 2.24) is 9.88 Å². The van der Waals surface area contributed by atoms with Crippen LogP contribution >= 0.6 is 11.3 Å². The highest BCUT2D eigenvalue weighted by Gasteiger charge is 2.24. The van der Waals surface area contributed by atoms with Crippen LogP contribution in [0.4, 0.5) is 4.79 Å². The van der Waals surface area contributed by atoms with Crippen molar-refractivity contribution in [1.29, 1.82) is 0 Å². The number of ether oxygens (including phenoxy) is 1. The molecule has 2 rings (SSSR count). The number of aromatic carboxylic acids is 1. The van der Waals surface area contributed by atoms with Crippen molar-refractivity contribution in [2.24, 2.45) is 0 Å². The van der Waals surface area contributed by atoms with Crippen molar-refractivity contribution in [3.05, 3.63) is 51.5 Å². The molecular formula is C20H26N2O4S. The topological polar surface area (TPSA) is 79.7 Å². The number of aromatic nitrogens is 1. The average molecular weight is 391 g/mol. The quantitative estimate of drug-likeness (QED) is 0.752. The number of benzene rings is 1. The van der Waals surface area contributed by atoms with Crippen molar-refractivity contribution in [3.8, 4) is 0 Å². The van der Waals surface area contributed by atoms with Crippen molar-refractivity contribution < 1.29 is 19.4 Å². The van der Waals surface area contributed by atoms with Crippen molar-refractivity contribution in [2.75, 3.05) is 6.54 Å². The summed E-state index contributed by atoms with van der Waals surface area (Å²) >= 11 is 1.29. The molecule has 6 nitrogen and oxygen atoms in total. The lowest BCUT2D eigenvalue weighted by Gasteiger charge is -2.27. The van der Waals surface area contributed by atoms with Crippen LogP contribution in [0.1, 0.15) is 53.1 Å². The largest absolute Gasteiger partial charge is 0.476 e. The lowest BCUT2D eigenvalue weighted by molar-refractivity contribution is 0.0231. The third kappa shape index (κ3) is 6.67. The molecule has 2 aromatic rings. The number of carbonyl (C=O) groups is 2. The van der Waals surface area contributed by atoms with Crippen LogP contribution in [0.2, 0.25) is 0 Å². The number of rotatable bonds is 7. The first-order chi connectivity index (χ1) is 12.7. The van der Waals surface area contributed by atoms with E-state index >= 15 is 0 Å². The third-order valence-electron chi connectivity index (χ3n) is 3.76. The molecular weight excluding hydrogens is 364 g/mol. The van der Waals surface area contributed by atoms with Gasteiger partial charge >= 0.3 is 12.1 Å². The molecule has 0 unspecified atom stereocenters. The number of carbonyl (C=O) groups excluding carboxylic acids is 1. The summed E-state index contributed by atoms with van der Waals surface area (Å²) in [7, 11) is 0. The fraction of sp³-hybridized carbons (Fsp3) is 0.450. The molecule has 1 amide bonds. The molecule has 1 N–H and O–H groups in total. The number of aryl methyl sites for hydroxylation is 2. The summed E-state index contributed by atoms with van der Waals surface area (Å²) in [5, 5.41) is 9.77. The van der Waals surface area contributed by atoms with Gasteiger partial charge in [-0.15, -0.1) is 11.3 Å². The highest BCUT2D eigenvalue weighted by atomic mass is 32.1. The highest BCUT2D eigenvalue weighted by Crippen LogP contribution is 2.21. The summed E-state index contributed by atoms with van der Waals surface area (Å²) in [6, 6.07) is 10.1. The Morgan fingerprint density at radius 2 is 1.89 bits per heavy atom. The zero-order valence-electron chi connectivity index (χ0n) is 16.2. The number of hydrogen-bond donors (Lipinski definition) is 1. The van der Waals surface area contributed by atoms with E-state index in [0.29, 0.717) is 16.4 Å².